The number of hydrogen-bond donors (Lipinski definition) is 0. The van der Waals surface area contributed by atoms with Gasteiger partial charge in [-0.2, -0.15) is 0 Å². The Balaban J connectivity index is -0.00000000396. The quantitative estimate of drug-likeness (QED) is 0.571. The molecule has 15 heavy (non-hydrogen) atoms. The van der Waals surface area contributed by atoms with Crippen molar-refractivity contribution < 1.29 is 43.3 Å². The summed E-state index contributed by atoms with van der Waals surface area (Å²) in [6, 6.07) is 0. The van der Waals surface area contributed by atoms with Crippen molar-refractivity contribution in [3.63, 3.8) is 0 Å². The van der Waals surface area contributed by atoms with Crippen LogP contribution in [0.4, 0.5) is 0 Å². The first-order chi connectivity index (χ1) is 6.00. The summed E-state index contributed by atoms with van der Waals surface area (Å²) in [7, 11) is 0. The minimum atomic E-state index is 0. The molecule has 0 aliphatic rings. The fourth-order valence-electron chi connectivity index (χ4n) is 0. The summed E-state index contributed by atoms with van der Waals surface area (Å²) in [5, 5.41) is 39.0. The molecule has 0 aliphatic carbocycles. The third-order valence-electron chi connectivity index (χ3n) is 0. The van der Waals surface area contributed by atoms with Gasteiger partial charge in [-0.15, -0.1) is 0 Å². The van der Waals surface area contributed by atoms with E-state index in [1.54, 1.807) is 0 Å². The van der Waals surface area contributed by atoms with E-state index in [9.17, 15) is 0 Å². The van der Waals surface area contributed by atoms with Crippen LogP contribution in [0.25, 0.3) is 0 Å². The molecule has 0 aliphatic heterocycles. The summed E-state index contributed by atoms with van der Waals surface area (Å²) in [4.78, 5) is 0. The second-order valence-electron chi connectivity index (χ2n) is 0. The Bertz CT molecular complexity index is 103. The van der Waals surface area contributed by atoms with E-state index in [-0.39, 0.29) is 94.7 Å². The number of nitrogens with zero attached hydrogens (tertiary/aromatic N) is 6. The van der Waals surface area contributed by atoms with Gasteiger partial charge in [-0.1, -0.05) is 0 Å². The molecule has 0 bridgehead atoms. The molecule has 0 atom stereocenters. The van der Waals surface area contributed by atoms with Gasteiger partial charge >= 0.3 is 51.4 Å². The summed E-state index contributed by atoms with van der Waals surface area (Å²) < 4.78 is 0. The van der Waals surface area contributed by atoms with Gasteiger partial charge in [-0.25, -0.2) is 31.6 Å². The third-order valence-corrected chi connectivity index (χ3v) is 0. The van der Waals surface area contributed by atoms with E-state index in [1.165, 1.54) is 0 Å². The summed E-state index contributed by atoms with van der Waals surface area (Å²) in [5.74, 6) is 0. The molecule has 0 rings (SSSR count). The van der Waals surface area contributed by atoms with Crippen LogP contribution in [-0.2, 0) is 43.3 Å². The monoisotopic (exact) mass is 348 g/mol. The van der Waals surface area contributed by atoms with Gasteiger partial charge in [0.25, 0.3) is 0 Å². The molecule has 0 aromatic carbocycles. The van der Waals surface area contributed by atoms with Crippen molar-refractivity contribution >= 4 is 51.4 Å². The van der Waals surface area contributed by atoms with E-state index in [0.29, 0.717) is 0 Å². The second kappa shape index (κ2) is 5320000. The standard InChI is InChI=1S/6CHN.Fe.K.Zr.H/c6*1-2;;;;/h6*1H;;;;. The molecule has 0 radical (unpaired) electrons. The maximum Gasteiger partial charge on any atom is 0 e. The average Bonchev–Trinajstić information content (AvgIpc) is 2.33. The van der Waals surface area contributed by atoms with Crippen LogP contribution in [0.2, 0.25) is 0 Å². The molecule has 0 unspecified atom stereocenters. The first-order valence-corrected chi connectivity index (χ1v) is 1.55. The van der Waals surface area contributed by atoms with Gasteiger partial charge in [0.15, 0.2) is 0 Å². The summed E-state index contributed by atoms with van der Waals surface area (Å²) in [6.07, 6.45) is 0. The maximum absolute atomic E-state index is 6.50. The Morgan fingerprint density at radius 2 is 0.400 bits per heavy atom. The van der Waals surface area contributed by atoms with Crippen molar-refractivity contribution in [1.29, 1.82) is 31.6 Å². The van der Waals surface area contributed by atoms with Crippen LogP contribution in [0, 0.1) is 71.0 Å². The summed E-state index contributed by atoms with van der Waals surface area (Å²) in [6.45, 7) is 21.0. The van der Waals surface area contributed by atoms with Gasteiger partial charge in [-0.3, -0.25) is 0 Å². The zero-order chi connectivity index (χ0) is 12.0. The molecule has 9 heteroatoms. The van der Waals surface area contributed by atoms with Crippen LogP contribution in [-0.4, -0.2) is 51.4 Å². The first-order valence-electron chi connectivity index (χ1n) is 1.55. The normalized spacial score (nSPS) is 0.800. The van der Waals surface area contributed by atoms with E-state index >= 15 is 0 Å². The van der Waals surface area contributed by atoms with Crippen molar-refractivity contribution in [3.8, 4) is 39.4 Å². The van der Waals surface area contributed by atoms with Crippen LogP contribution >= 0.6 is 0 Å². The zero-order valence-corrected chi connectivity index (χ0v) is 10.6. The van der Waals surface area contributed by atoms with E-state index in [0.717, 1.165) is 0 Å². The van der Waals surface area contributed by atoms with Crippen molar-refractivity contribution in [1.82, 2.24) is 0 Å². The van der Waals surface area contributed by atoms with Gasteiger partial charge in [0.05, 0.1) is 0 Å². The fourth-order valence-corrected chi connectivity index (χ4v) is 0. The van der Waals surface area contributed by atoms with E-state index in [4.69, 9.17) is 31.6 Å². The number of nitriles is 6. The smallest absolute Gasteiger partial charge is 0 e. The maximum atomic E-state index is 6.50. The molecule has 0 saturated carbocycles. The minimum Gasteiger partial charge on any atom is 0 e. The van der Waals surface area contributed by atoms with Crippen molar-refractivity contribution in [2.45, 2.75) is 0 Å². The number of hydrogen-bond acceptors (Lipinski definition) is 6. The molecular weight excluding hydrogens is 342 g/mol. The third kappa shape index (κ3) is 4530000. The molecule has 0 N–H and O–H groups in total. The molecule has 0 heterocycles. The Hall–Kier alpha value is -0.0210. The van der Waals surface area contributed by atoms with Crippen molar-refractivity contribution in [3.05, 3.63) is 0 Å². The molecule has 0 spiro atoms. The Labute approximate surface area is 163 Å². The van der Waals surface area contributed by atoms with Crippen LogP contribution in [0.3, 0.4) is 0 Å². The zero-order valence-electron chi connectivity index (χ0n) is 7.00. The van der Waals surface area contributed by atoms with E-state index in [1.807, 2.05) is 0 Å². The molecule has 6 nitrogen and oxygen atoms in total. The van der Waals surface area contributed by atoms with Gasteiger partial charge in [0.2, 0.25) is 0 Å². The molecule has 0 aromatic heterocycles. The van der Waals surface area contributed by atoms with Crippen LogP contribution in [0.15, 0.2) is 0 Å². The molecule has 0 fully saturated rings. The van der Waals surface area contributed by atoms with Gasteiger partial charge in [0.1, 0.15) is 0 Å². The Morgan fingerprint density at radius 3 is 0.400 bits per heavy atom. The molecule has 74 valence electrons. The molecule has 0 aromatic rings. The molecule has 0 saturated heterocycles. The predicted molar refractivity (Wildman–Crippen MR) is 47.2 cm³/mol. The van der Waals surface area contributed by atoms with Gasteiger partial charge in [-0.05, 0) is 0 Å². The fraction of sp³-hybridized carbons (Fsp3) is 0. The average molecular weight is 349 g/mol. The predicted octanol–water partition coefficient (Wildman–Crippen LogP) is 0.185. The first kappa shape index (κ1) is 81.9. The largest absolute Gasteiger partial charge is 0 e. The summed E-state index contributed by atoms with van der Waals surface area (Å²) in [5.41, 5.74) is 0. The van der Waals surface area contributed by atoms with Crippen LogP contribution in [0.5, 0.6) is 0 Å². The second-order valence-corrected chi connectivity index (χ2v) is 0. The molecular formula is C6H7FeKN6Zr. The topological polar surface area (TPSA) is 143 Å². The van der Waals surface area contributed by atoms with Gasteiger partial charge in [0, 0.05) is 82.7 Å². The van der Waals surface area contributed by atoms with Crippen molar-refractivity contribution in [2.24, 2.45) is 0 Å². The Kier molecular flexibility index (Phi) is 29000000. The van der Waals surface area contributed by atoms with Crippen LogP contribution in [0.1, 0.15) is 0 Å². The van der Waals surface area contributed by atoms with Crippen LogP contribution < -0.4 is 0 Å². The SMILES string of the molecule is C#N.C#N.C#N.C#N.C#N.C#N.[Fe].[KH].[Zr]. The minimum absolute atomic E-state index is 0. The van der Waals surface area contributed by atoms with E-state index < -0.39 is 0 Å². The Morgan fingerprint density at radius 1 is 0.400 bits per heavy atom. The summed E-state index contributed by atoms with van der Waals surface area (Å²) >= 11 is 0. The van der Waals surface area contributed by atoms with Gasteiger partial charge < -0.3 is 0 Å². The van der Waals surface area contributed by atoms with E-state index in [2.05, 4.69) is 39.4 Å². The van der Waals surface area contributed by atoms with Crippen molar-refractivity contribution in [2.75, 3.05) is 0 Å². The molecule has 0 amide bonds. The number of rotatable bonds is 0.